The van der Waals surface area contributed by atoms with E-state index in [0.29, 0.717) is 0 Å². The van der Waals surface area contributed by atoms with Crippen LogP contribution in [0.3, 0.4) is 0 Å². The van der Waals surface area contributed by atoms with E-state index in [2.05, 4.69) is 18.2 Å². The molecule has 0 aromatic heterocycles. The molecular formula is C12H14O2. The summed E-state index contributed by atoms with van der Waals surface area (Å²) in [6.45, 7) is 2.05. The first-order chi connectivity index (χ1) is 6.90. The van der Waals surface area contributed by atoms with Crippen molar-refractivity contribution >= 4 is 0 Å². The summed E-state index contributed by atoms with van der Waals surface area (Å²) in [6, 6.07) is 0. The average Bonchev–Trinajstić information content (AvgIpc) is 2.30. The predicted molar refractivity (Wildman–Crippen MR) is 55.1 cm³/mol. The fourth-order valence-electron chi connectivity index (χ4n) is 1.47. The summed E-state index contributed by atoms with van der Waals surface area (Å²) in [5.74, 6) is 1.74. The molecule has 0 amide bonds. The van der Waals surface area contributed by atoms with Crippen LogP contribution in [0.25, 0.3) is 0 Å². The van der Waals surface area contributed by atoms with E-state index in [1.165, 1.54) is 5.57 Å². The molecule has 2 heteroatoms. The highest BCUT2D eigenvalue weighted by molar-refractivity contribution is 5.33. The van der Waals surface area contributed by atoms with Gasteiger partial charge in [0.05, 0.1) is 0 Å². The van der Waals surface area contributed by atoms with Crippen molar-refractivity contribution in [3.8, 4) is 0 Å². The number of ether oxygens (including phenoxy) is 2. The van der Waals surface area contributed by atoms with Crippen LogP contribution in [0.2, 0.25) is 0 Å². The van der Waals surface area contributed by atoms with Gasteiger partial charge in [-0.1, -0.05) is 25.2 Å². The first-order valence-corrected chi connectivity index (χ1v) is 4.98. The van der Waals surface area contributed by atoms with E-state index >= 15 is 0 Å². The van der Waals surface area contributed by atoms with Crippen molar-refractivity contribution in [1.82, 2.24) is 0 Å². The monoisotopic (exact) mass is 190 g/mol. The van der Waals surface area contributed by atoms with Crippen molar-refractivity contribution in [2.45, 2.75) is 26.2 Å². The van der Waals surface area contributed by atoms with Crippen LogP contribution < -0.4 is 0 Å². The third kappa shape index (κ3) is 1.90. The Balaban J connectivity index is 2.09. The minimum atomic E-state index is 0.855. The molecule has 0 radical (unpaired) electrons. The molecule has 74 valence electrons. The Morgan fingerprint density at radius 1 is 1.36 bits per heavy atom. The fraction of sp³-hybridized carbons (Fsp3) is 0.333. The second-order valence-corrected chi connectivity index (χ2v) is 3.32. The van der Waals surface area contributed by atoms with E-state index in [-0.39, 0.29) is 0 Å². The Morgan fingerprint density at radius 3 is 3.00 bits per heavy atom. The fourth-order valence-corrected chi connectivity index (χ4v) is 1.47. The van der Waals surface area contributed by atoms with Crippen LogP contribution in [0.1, 0.15) is 26.2 Å². The summed E-state index contributed by atoms with van der Waals surface area (Å²) < 4.78 is 10.9. The third-order valence-electron chi connectivity index (χ3n) is 2.29. The van der Waals surface area contributed by atoms with E-state index in [1.807, 2.05) is 6.92 Å². The van der Waals surface area contributed by atoms with E-state index in [4.69, 9.17) is 9.47 Å². The van der Waals surface area contributed by atoms with Crippen LogP contribution in [0, 0.1) is 0 Å². The Labute approximate surface area is 84.2 Å². The quantitative estimate of drug-likeness (QED) is 0.664. The molecule has 0 aromatic carbocycles. The van der Waals surface area contributed by atoms with Gasteiger partial charge in [0.15, 0.2) is 5.76 Å². The van der Waals surface area contributed by atoms with Crippen molar-refractivity contribution < 1.29 is 9.47 Å². The summed E-state index contributed by atoms with van der Waals surface area (Å²) in [6.07, 6.45) is 12.6. The van der Waals surface area contributed by atoms with E-state index in [0.717, 1.165) is 30.8 Å². The molecule has 0 unspecified atom stereocenters. The first-order valence-electron chi connectivity index (χ1n) is 4.98. The predicted octanol–water partition coefficient (Wildman–Crippen LogP) is 3.40. The summed E-state index contributed by atoms with van der Waals surface area (Å²) >= 11 is 0. The molecule has 1 heterocycles. The second-order valence-electron chi connectivity index (χ2n) is 3.32. The lowest BCUT2D eigenvalue weighted by molar-refractivity contribution is 0.221. The van der Waals surface area contributed by atoms with Crippen molar-refractivity contribution in [2.75, 3.05) is 0 Å². The van der Waals surface area contributed by atoms with E-state index in [9.17, 15) is 0 Å². The minimum Gasteiger partial charge on any atom is -0.465 e. The van der Waals surface area contributed by atoms with Crippen molar-refractivity contribution in [2.24, 2.45) is 0 Å². The molecular weight excluding hydrogens is 176 g/mol. The highest BCUT2D eigenvalue weighted by Crippen LogP contribution is 2.26. The van der Waals surface area contributed by atoms with Crippen LogP contribution in [-0.4, -0.2) is 0 Å². The first kappa shape index (κ1) is 9.13. The maximum atomic E-state index is 5.67. The molecule has 0 N–H and O–H groups in total. The Kier molecular flexibility index (Phi) is 2.73. The van der Waals surface area contributed by atoms with Gasteiger partial charge in [-0.3, -0.25) is 0 Å². The molecule has 0 aromatic rings. The molecule has 1 aliphatic carbocycles. The number of rotatable bonds is 2. The highest BCUT2D eigenvalue weighted by Gasteiger charge is 2.13. The van der Waals surface area contributed by atoms with Gasteiger partial charge in [-0.2, -0.15) is 0 Å². The largest absolute Gasteiger partial charge is 0.465 e. The Hall–Kier alpha value is -1.44. The maximum absolute atomic E-state index is 5.67. The molecule has 0 spiro atoms. The summed E-state index contributed by atoms with van der Waals surface area (Å²) in [4.78, 5) is 0. The number of allylic oxidation sites excluding steroid dienone is 5. The number of hydrogen-bond acceptors (Lipinski definition) is 2. The standard InChI is InChI=1S/C12H14O2/c1-2-11-8-13-9-12(14-11)10-6-4-3-5-7-10/h3-4,6,8-9H,2,5,7H2,1H3. The average molecular weight is 190 g/mol. The molecule has 1 aliphatic heterocycles. The van der Waals surface area contributed by atoms with Crippen LogP contribution in [0.5, 0.6) is 0 Å². The van der Waals surface area contributed by atoms with Gasteiger partial charge in [-0.05, 0) is 18.4 Å². The van der Waals surface area contributed by atoms with Gasteiger partial charge in [0.2, 0.25) is 0 Å². The molecule has 0 fully saturated rings. The molecule has 0 atom stereocenters. The van der Waals surface area contributed by atoms with Crippen molar-refractivity contribution in [3.05, 3.63) is 47.8 Å². The van der Waals surface area contributed by atoms with Crippen LogP contribution in [-0.2, 0) is 9.47 Å². The van der Waals surface area contributed by atoms with Crippen LogP contribution in [0.15, 0.2) is 47.8 Å². The summed E-state index contributed by atoms with van der Waals surface area (Å²) in [5, 5.41) is 0. The summed E-state index contributed by atoms with van der Waals surface area (Å²) in [5.41, 5.74) is 1.21. The molecule has 2 rings (SSSR count). The zero-order valence-electron chi connectivity index (χ0n) is 8.32. The van der Waals surface area contributed by atoms with Gasteiger partial charge in [0.25, 0.3) is 0 Å². The minimum absolute atomic E-state index is 0.855. The van der Waals surface area contributed by atoms with Crippen LogP contribution in [0.4, 0.5) is 0 Å². The normalized spacial score (nSPS) is 20.2. The second kappa shape index (κ2) is 4.18. The molecule has 0 saturated heterocycles. The van der Waals surface area contributed by atoms with Crippen molar-refractivity contribution in [1.29, 1.82) is 0 Å². The van der Waals surface area contributed by atoms with Gasteiger partial charge in [-0.15, -0.1) is 0 Å². The molecule has 2 nitrogen and oxygen atoms in total. The highest BCUT2D eigenvalue weighted by atomic mass is 16.5. The SMILES string of the molecule is CCC1=COC=C(C2=CC=CCC2)O1. The van der Waals surface area contributed by atoms with E-state index < -0.39 is 0 Å². The van der Waals surface area contributed by atoms with Crippen LogP contribution >= 0.6 is 0 Å². The molecule has 0 bridgehead atoms. The lowest BCUT2D eigenvalue weighted by Crippen LogP contribution is -2.03. The number of hydrogen-bond donors (Lipinski definition) is 0. The Morgan fingerprint density at radius 2 is 2.29 bits per heavy atom. The Bertz CT molecular complexity index is 332. The zero-order valence-corrected chi connectivity index (χ0v) is 8.32. The van der Waals surface area contributed by atoms with Crippen molar-refractivity contribution in [3.63, 3.8) is 0 Å². The molecule has 14 heavy (non-hydrogen) atoms. The van der Waals surface area contributed by atoms with Gasteiger partial charge in [0.1, 0.15) is 18.3 Å². The maximum Gasteiger partial charge on any atom is 0.165 e. The lowest BCUT2D eigenvalue weighted by atomic mass is 10.0. The lowest BCUT2D eigenvalue weighted by Gasteiger charge is -2.18. The third-order valence-corrected chi connectivity index (χ3v) is 2.29. The molecule has 0 saturated carbocycles. The van der Waals surface area contributed by atoms with Gasteiger partial charge >= 0.3 is 0 Å². The van der Waals surface area contributed by atoms with Gasteiger partial charge < -0.3 is 9.47 Å². The summed E-state index contributed by atoms with van der Waals surface area (Å²) in [7, 11) is 0. The van der Waals surface area contributed by atoms with Gasteiger partial charge in [0, 0.05) is 6.42 Å². The van der Waals surface area contributed by atoms with Gasteiger partial charge in [-0.25, -0.2) is 0 Å². The topological polar surface area (TPSA) is 18.5 Å². The molecule has 2 aliphatic rings. The smallest absolute Gasteiger partial charge is 0.165 e. The zero-order chi connectivity index (χ0) is 9.80. The van der Waals surface area contributed by atoms with E-state index in [1.54, 1.807) is 12.5 Å².